The summed E-state index contributed by atoms with van der Waals surface area (Å²) in [5, 5.41) is 0.645. The molecule has 0 bridgehead atoms. The second-order valence-electron chi connectivity index (χ2n) is 9.29. The van der Waals surface area contributed by atoms with Gasteiger partial charge in [0, 0.05) is 17.5 Å². The summed E-state index contributed by atoms with van der Waals surface area (Å²) in [4.78, 5) is 31.2. The number of hydrogen-bond donors (Lipinski definition) is 0. The van der Waals surface area contributed by atoms with Crippen LogP contribution in [-0.4, -0.2) is 17.6 Å². The third kappa shape index (κ3) is 4.67. The van der Waals surface area contributed by atoms with Crippen LogP contribution in [0.4, 0.5) is 0 Å². The third-order valence-electron chi connectivity index (χ3n) is 6.85. The van der Waals surface area contributed by atoms with Crippen molar-refractivity contribution in [1.82, 2.24) is 4.57 Å². The van der Waals surface area contributed by atoms with Crippen molar-refractivity contribution in [2.24, 2.45) is 4.99 Å². The van der Waals surface area contributed by atoms with Gasteiger partial charge in [0.2, 0.25) is 0 Å². The molecule has 0 amide bonds. The van der Waals surface area contributed by atoms with Crippen molar-refractivity contribution in [1.29, 1.82) is 0 Å². The smallest absolute Gasteiger partial charge is 0.308 e. The van der Waals surface area contributed by atoms with Crippen LogP contribution in [0.3, 0.4) is 0 Å². The number of thiazole rings is 1. The molecule has 1 atom stereocenters. The molecule has 3 aromatic carbocycles. The van der Waals surface area contributed by atoms with Crippen LogP contribution >= 0.6 is 38.9 Å². The summed E-state index contributed by atoms with van der Waals surface area (Å²) in [6.45, 7) is 1.33. The number of esters is 1. The van der Waals surface area contributed by atoms with E-state index < -0.39 is 5.97 Å². The van der Waals surface area contributed by atoms with Crippen molar-refractivity contribution in [3.63, 3.8) is 0 Å². The highest BCUT2D eigenvalue weighted by Crippen LogP contribution is 2.41. The van der Waals surface area contributed by atoms with Gasteiger partial charge in [0.05, 0.1) is 27.9 Å². The Bertz CT molecular complexity index is 1860. The molecule has 0 unspecified atom stereocenters. The number of hydrogen-bond acceptors (Lipinski definition) is 6. The summed E-state index contributed by atoms with van der Waals surface area (Å²) in [5.41, 5.74) is 6.04. The van der Waals surface area contributed by atoms with Gasteiger partial charge in [-0.1, -0.05) is 59.3 Å². The molecule has 9 heteroatoms. The average Bonchev–Trinajstić information content (AvgIpc) is 3.23. The van der Waals surface area contributed by atoms with Crippen molar-refractivity contribution in [2.75, 3.05) is 7.11 Å². The van der Waals surface area contributed by atoms with Gasteiger partial charge in [0.25, 0.3) is 5.56 Å². The van der Waals surface area contributed by atoms with Crippen LogP contribution in [0.5, 0.6) is 11.5 Å². The molecule has 6 rings (SSSR count). The molecule has 1 aliphatic carbocycles. The lowest BCUT2D eigenvalue weighted by molar-refractivity contribution is -0.132. The SMILES string of the molecule is COc1cc(/C=c2/sc3n(c2=O)[C@@H](c2ccc(Cl)cc2)C2=C(N=3)c3ccccc3CC2)cc(Br)c1OC(C)=O. The summed E-state index contributed by atoms with van der Waals surface area (Å²) in [5.74, 6) is 0.213. The molecule has 0 spiro atoms. The first-order valence-electron chi connectivity index (χ1n) is 12.3. The van der Waals surface area contributed by atoms with Crippen molar-refractivity contribution < 1.29 is 14.3 Å². The average molecular weight is 622 g/mol. The molecule has 1 aromatic heterocycles. The van der Waals surface area contributed by atoms with E-state index >= 15 is 0 Å². The number of benzene rings is 3. The molecule has 4 aromatic rings. The minimum absolute atomic E-state index is 0.122. The molecule has 0 radical (unpaired) electrons. The Labute approximate surface area is 241 Å². The maximum absolute atomic E-state index is 14.0. The quantitative estimate of drug-likeness (QED) is 0.218. The predicted octanol–water partition coefficient (Wildman–Crippen LogP) is 5.67. The summed E-state index contributed by atoms with van der Waals surface area (Å²) in [6, 6.07) is 19.3. The molecule has 0 saturated carbocycles. The molecule has 6 nitrogen and oxygen atoms in total. The van der Waals surface area contributed by atoms with E-state index in [0.717, 1.165) is 40.8 Å². The van der Waals surface area contributed by atoms with Gasteiger partial charge in [0.1, 0.15) is 0 Å². The highest BCUT2D eigenvalue weighted by Gasteiger charge is 2.32. The number of methoxy groups -OCH3 is 1. The minimum atomic E-state index is -0.456. The Morgan fingerprint density at radius 2 is 1.92 bits per heavy atom. The van der Waals surface area contributed by atoms with Gasteiger partial charge in [-0.2, -0.15) is 0 Å². The van der Waals surface area contributed by atoms with E-state index in [9.17, 15) is 9.59 Å². The van der Waals surface area contributed by atoms with E-state index in [4.69, 9.17) is 26.1 Å². The van der Waals surface area contributed by atoms with Gasteiger partial charge in [-0.05, 0) is 81.4 Å². The fourth-order valence-corrected chi connectivity index (χ4v) is 6.85. The summed E-state index contributed by atoms with van der Waals surface area (Å²) >= 11 is 11.0. The lowest BCUT2D eigenvalue weighted by Gasteiger charge is -2.30. The van der Waals surface area contributed by atoms with Crippen LogP contribution < -0.4 is 24.4 Å². The van der Waals surface area contributed by atoms with E-state index in [1.165, 1.54) is 30.9 Å². The van der Waals surface area contributed by atoms with Crippen LogP contribution in [0.1, 0.15) is 41.6 Å². The molecule has 0 N–H and O–H groups in total. The molecule has 196 valence electrons. The summed E-state index contributed by atoms with van der Waals surface area (Å²) in [6.07, 6.45) is 3.51. The van der Waals surface area contributed by atoms with Crippen LogP contribution in [0.25, 0.3) is 11.8 Å². The molecule has 1 aliphatic heterocycles. The highest BCUT2D eigenvalue weighted by molar-refractivity contribution is 9.10. The molecule has 2 heterocycles. The Kier molecular flexibility index (Phi) is 6.79. The second kappa shape index (κ2) is 10.3. The maximum atomic E-state index is 14.0. The standard InChI is InChI=1S/C30H22BrClN2O4S/c1-16(35)38-28-23(31)13-17(14-24(28)37-2)15-25-29(36)34-27(19-7-10-20(32)11-8-19)22-12-9-18-5-3-4-6-21(18)26(22)33-30(34)39-25/h3-8,10-11,13-15,27H,9,12H2,1-2H3/b25-15+/t27-/m0/s1. The van der Waals surface area contributed by atoms with Gasteiger partial charge < -0.3 is 9.47 Å². The molecule has 2 aliphatic rings. The van der Waals surface area contributed by atoms with Gasteiger partial charge in [-0.15, -0.1) is 0 Å². The van der Waals surface area contributed by atoms with Crippen molar-refractivity contribution in [3.8, 4) is 11.5 Å². The maximum Gasteiger partial charge on any atom is 0.308 e. The van der Waals surface area contributed by atoms with E-state index in [-0.39, 0.29) is 17.4 Å². The van der Waals surface area contributed by atoms with Crippen molar-refractivity contribution in [3.05, 3.63) is 118 Å². The van der Waals surface area contributed by atoms with E-state index in [2.05, 4.69) is 34.1 Å². The Morgan fingerprint density at radius 1 is 1.15 bits per heavy atom. The van der Waals surface area contributed by atoms with Gasteiger partial charge in [-0.3, -0.25) is 14.2 Å². The molecule has 0 fully saturated rings. The zero-order valence-corrected chi connectivity index (χ0v) is 24.2. The van der Waals surface area contributed by atoms with Crippen molar-refractivity contribution in [2.45, 2.75) is 25.8 Å². The van der Waals surface area contributed by atoms with Crippen LogP contribution in [0, 0.1) is 0 Å². The number of ether oxygens (including phenoxy) is 2. The normalized spacial score (nSPS) is 16.2. The summed E-state index contributed by atoms with van der Waals surface area (Å²) in [7, 11) is 1.50. The number of halogens is 2. The van der Waals surface area contributed by atoms with E-state index in [1.54, 1.807) is 16.7 Å². The first kappa shape index (κ1) is 25.8. The number of nitrogens with zero attached hydrogens (tertiary/aromatic N) is 2. The Morgan fingerprint density at radius 3 is 2.67 bits per heavy atom. The van der Waals surface area contributed by atoms with Gasteiger partial charge in [0.15, 0.2) is 16.3 Å². The van der Waals surface area contributed by atoms with Crippen molar-refractivity contribution >= 4 is 56.6 Å². The first-order chi connectivity index (χ1) is 18.8. The van der Waals surface area contributed by atoms with Crippen LogP contribution in [-0.2, 0) is 11.2 Å². The Hall–Kier alpha value is -3.46. The monoisotopic (exact) mass is 620 g/mol. The minimum Gasteiger partial charge on any atom is -0.493 e. The van der Waals surface area contributed by atoms with Crippen LogP contribution in [0.15, 0.2) is 80.5 Å². The number of aryl methyl sites for hydroxylation is 1. The number of aromatic nitrogens is 1. The fourth-order valence-electron chi connectivity index (χ4n) is 5.18. The predicted molar refractivity (Wildman–Crippen MR) is 156 cm³/mol. The highest BCUT2D eigenvalue weighted by atomic mass is 79.9. The number of carbonyl (C=O) groups is 1. The lowest BCUT2D eigenvalue weighted by Crippen LogP contribution is -2.38. The van der Waals surface area contributed by atoms with Gasteiger partial charge >= 0.3 is 5.97 Å². The zero-order chi connectivity index (χ0) is 27.3. The number of carbonyl (C=O) groups excluding carboxylic acids is 1. The molecular weight excluding hydrogens is 600 g/mol. The number of fused-ring (bicyclic) bond motifs is 3. The third-order valence-corrected chi connectivity index (χ3v) is 8.68. The lowest BCUT2D eigenvalue weighted by atomic mass is 9.83. The topological polar surface area (TPSA) is 69.9 Å². The molecular formula is C30H22BrClN2O4S. The second-order valence-corrected chi connectivity index (χ2v) is 11.6. The first-order valence-corrected chi connectivity index (χ1v) is 14.3. The van der Waals surface area contributed by atoms with E-state index in [0.29, 0.717) is 24.6 Å². The summed E-state index contributed by atoms with van der Waals surface area (Å²) < 4.78 is 13.6. The number of rotatable bonds is 4. The van der Waals surface area contributed by atoms with Gasteiger partial charge in [-0.25, -0.2) is 4.99 Å². The molecule has 39 heavy (non-hydrogen) atoms. The largest absolute Gasteiger partial charge is 0.493 e. The Balaban J connectivity index is 1.56. The molecule has 0 saturated heterocycles. The van der Waals surface area contributed by atoms with E-state index in [1.807, 2.05) is 36.4 Å². The zero-order valence-electron chi connectivity index (χ0n) is 21.0. The van der Waals surface area contributed by atoms with Crippen LogP contribution in [0.2, 0.25) is 5.02 Å². The fraction of sp³-hybridized carbons (Fsp3) is 0.167. The number of allylic oxidation sites excluding steroid dienone is 1.